The van der Waals surface area contributed by atoms with E-state index >= 15 is 0 Å². The van der Waals surface area contributed by atoms with Crippen molar-refractivity contribution in [3.63, 3.8) is 0 Å². The van der Waals surface area contributed by atoms with Crippen LogP contribution in [0.3, 0.4) is 0 Å². The van der Waals surface area contributed by atoms with Crippen LogP contribution in [0.15, 0.2) is 47.9 Å². The lowest BCUT2D eigenvalue weighted by Gasteiger charge is -2.35. The highest BCUT2D eigenvalue weighted by molar-refractivity contribution is 7.89. The van der Waals surface area contributed by atoms with Gasteiger partial charge in [-0.15, -0.1) is 0 Å². The number of hydrogen-bond acceptors (Lipinski definition) is 5. The van der Waals surface area contributed by atoms with E-state index in [-0.39, 0.29) is 17.5 Å². The third-order valence-electron chi connectivity index (χ3n) is 4.49. The van der Waals surface area contributed by atoms with Crippen LogP contribution in [0.2, 0.25) is 0 Å². The van der Waals surface area contributed by atoms with Crippen molar-refractivity contribution in [2.45, 2.75) is 11.6 Å². The molecule has 1 amide bonds. The number of amides is 1. The summed E-state index contributed by atoms with van der Waals surface area (Å²) in [5.41, 5.74) is 1.25. The third-order valence-corrected chi connectivity index (χ3v) is 6.22. The summed E-state index contributed by atoms with van der Waals surface area (Å²) in [6.07, 6.45) is 2.53. The highest BCUT2D eigenvalue weighted by Crippen LogP contribution is 2.12. The molecule has 1 aliphatic rings. The van der Waals surface area contributed by atoms with Crippen molar-refractivity contribution in [3.8, 4) is 0 Å². The fraction of sp³-hybridized carbons (Fsp3) is 0.412. The second-order valence-corrected chi connectivity index (χ2v) is 8.33. The van der Waals surface area contributed by atoms with E-state index in [2.05, 4.69) is 27.0 Å². The summed E-state index contributed by atoms with van der Waals surface area (Å²) < 4.78 is 25.7. The summed E-state index contributed by atoms with van der Waals surface area (Å²) in [7, 11) is -2.32. The topological polar surface area (TPSA) is 89.6 Å². The molecule has 0 saturated carbocycles. The van der Waals surface area contributed by atoms with Gasteiger partial charge in [0.1, 0.15) is 0 Å². The predicted molar refractivity (Wildman–Crippen MR) is 96.7 cm³/mol. The quantitative estimate of drug-likeness (QED) is 0.786. The lowest BCUT2D eigenvalue weighted by atomic mass is 10.2. The fourth-order valence-electron chi connectivity index (χ4n) is 2.92. The van der Waals surface area contributed by atoms with E-state index in [0.29, 0.717) is 13.1 Å². The molecular weight excluding hydrogens is 354 g/mol. The molecule has 2 heterocycles. The lowest BCUT2D eigenvalue weighted by Crippen LogP contribution is -2.51. The van der Waals surface area contributed by atoms with Crippen LogP contribution in [-0.2, 0) is 21.4 Å². The Labute approximate surface area is 153 Å². The molecule has 140 valence electrons. The number of carbonyl (C=O) groups excluding carboxylic acids is 1. The number of rotatable bonds is 6. The molecule has 8 nitrogen and oxygen atoms in total. The summed E-state index contributed by atoms with van der Waals surface area (Å²) in [6, 6.07) is 10.2. The van der Waals surface area contributed by atoms with Crippen molar-refractivity contribution >= 4 is 15.9 Å². The number of benzene rings is 1. The summed E-state index contributed by atoms with van der Waals surface area (Å²) in [6.45, 7) is 3.43. The van der Waals surface area contributed by atoms with Gasteiger partial charge in [-0.1, -0.05) is 30.3 Å². The predicted octanol–water partition coefficient (Wildman–Crippen LogP) is 0.375. The van der Waals surface area contributed by atoms with E-state index in [0.717, 1.165) is 23.9 Å². The standard InChI is InChI=1S/C17H23N5O3S/c1-20(26(24,25)16-11-18-14-19-16)13-17(23)22-9-7-21(8-10-22)12-15-5-3-2-4-6-15/h2-6,11,14H,7-10,12-13H2,1H3,(H,18,19). The van der Waals surface area contributed by atoms with Crippen molar-refractivity contribution in [2.75, 3.05) is 39.8 Å². The Morgan fingerprint density at radius 1 is 1.19 bits per heavy atom. The SMILES string of the molecule is CN(CC(=O)N1CCN(Cc2ccccc2)CC1)S(=O)(=O)c1cnc[nH]1. The summed E-state index contributed by atoms with van der Waals surface area (Å²) >= 11 is 0. The van der Waals surface area contributed by atoms with Crippen LogP contribution in [-0.4, -0.2) is 78.2 Å². The summed E-state index contributed by atoms with van der Waals surface area (Å²) in [5, 5.41) is -0.0134. The van der Waals surface area contributed by atoms with Gasteiger partial charge in [-0.3, -0.25) is 9.69 Å². The molecule has 1 N–H and O–H groups in total. The average molecular weight is 377 g/mol. The smallest absolute Gasteiger partial charge is 0.260 e. The second-order valence-electron chi connectivity index (χ2n) is 6.32. The number of nitrogens with zero attached hydrogens (tertiary/aromatic N) is 4. The molecule has 1 aromatic carbocycles. The van der Waals surface area contributed by atoms with E-state index in [1.165, 1.54) is 25.1 Å². The first-order valence-corrected chi connectivity index (χ1v) is 9.89. The van der Waals surface area contributed by atoms with Crippen molar-refractivity contribution in [3.05, 3.63) is 48.4 Å². The Morgan fingerprint density at radius 2 is 1.88 bits per heavy atom. The molecule has 1 aliphatic heterocycles. The molecule has 0 atom stereocenters. The summed E-state index contributed by atoms with van der Waals surface area (Å²) in [4.78, 5) is 22.8. The van der Waals surface area contributed by atoms with Crippen molar-refractivity contribution < 1.29 is 13.2 Å². The van der Waals surface area contributed by atoms with Crippen molar-refractivity contribution in [1.29, 1.82) is 0 Å². The zero-order valence-electron chi connectivity index (χ0n) is 14.7. The van der Waals surface area contributed by atoms with Crippen molar-refractivity contribution in [1.82, 2.24) is 24.1 Å². The van der Waals surface area contributed by atoms with E-state index in [9.17, 15) is 13.2 Å². The first kappa shape index (κ1) is 18.6. The van der Waals surface area contributed by atoms with Gasteiger partial charge in [0.05, 0.1) is 19.1 Å². The van der Waals surface area contributed by atoms with Gasteiger partial charge in [-0.2, -0.15) is 4.31 Å². The van der Waals surface area contributed by atoms with Gasteiger partial charge in [-0.05, 0) is 5.56 Å². The van der Waals surface area contributed by atoms with E-state index in [4.69, 9.17) is 0 Å². The highest BCUT2D eigenvalue weighted by atomic mass is 32.2. The molecule has 9 heteroatoms. The molecule has 0 radical (unpaired) electrons. The Hall–Kier alpha value is -2.23. The monoisotopic (exact) mass is 377 g/mol. The van der Waals surface area contributed by atoms with Crippen LogP contribution >= 0.6 is 0 Å². The van der Waals surface area contributed by atoms with Crippen LogP contribution in [0.5, 0.6) is 0 Å². The van der Waals surface area contributed by atoms with Gasteiger partial charge < -0.3 is 9.88 Å². The highest BCUT2D eigenvalue weighted by Gasteiger charge is 2.27. The van der Waals surface area contributed by atoms with Crippen LogP contribution in [0.4, 0.5) is 0 Å². The lowest BCUT2D eigenvalue weighted by molar-refractivity contribution is -0.133. The molecule has 1 aromatic heterocycles. The largest absolute Gasteiger partial charge is 0.339 e. The van der Waals surface area contributed by atoms with Gasteiger partial charge in [-0.25, -0.2) is 13.4 Å². The maximum atomic E-state index is 12.5. The van der Waals surface area contributed by atoms with Crippen LogP contribution < -0.4 is 0 Å². The third kappa shape index (κ3) is 4.29. The molecular formula is C17H23N5O3S. The van der Waals surface area contributed by atoms with Crippen LogP contribution in [0.25, 0.3) is 0 Å². The summed E-state index contributed by atoms with van der Waals surface area (Å²) in [5.74, 6) is -0.185. The van der Waals surface area contributed by atoms with E-state index in [1.54, 1.807) is 4.90 Å². The molecule has 0 unspecified atom stereocenters. The van der Waals surface area contributed by atoms with Crippen molar-refractivity contribution in [2.24, 2.45) is 0 Å². The maximum Gasteiger partial charge on any atom is 0.260 e. The number of nitrogens with one attached hydrogen (secondary N) is 1. The number of carbonyl (C=O) groups is 1. The van der Waals surface area contributed by atoms with Gasteiger partial charge in [0, 0.05) is 39.8 Å². The molecule has 0 spiro atoms. The minimum Gasteiger partial charge on any atom is -0.339 e. The number of aromatic nitrogens is 2. The van der Waals surface area contributed by atoms with E-state index < -0.39 is 10.0 Å². The fourth-order valence-corrected chi connectivity index (χ4v) is 3.94. The molecule has 0 aliphatic carbocycles. The number of hydrogen-bond donors (Lipinski definition) is 1. The Bertz CT molecular complexity index is 815. The normalized spacial score (nSPS) is 16.2. The zero-order valence-corrected chi connectivity index (χ0v) is 15.5. The number of imidazole rings is 1. The minimum atomic E-state index is -3.72. The number of aromatic amines is 1. The second kappa shape index (κ2) is 7.98. The molecule has 1 saturated heterocycles. The molecule has 1 fully saturated rings. The average Bonchev–Trinajstić information content (AvgIpc) is 3.18. The molecule has 2 aromatic rings. The van der Waals surface area contributed by atoms with Crippen LogP contribution in [0, 0.1) is 0 Å². The van der Waals surface area contributed by atoms with Crippen LogP contribution in [0.1, 0.15) is 5.56 Å². The van der Waals surface area contributed by atoms with Gasteiger partial charge in [0.25, 0.3) is 10.0 Å². The van der Waals surface area contributed by atoms with E-state index in [1.807, 2.05) is 18.2 Å². The first-order chi connectivity index (χ1) is 12.5. The number of H-pyrrole nitrogens is 1. The van der Waals surface area contributed by atoms with Gasteiger partial charge >= 0.3 is 0 Å². The molecule has 26 heavy (non-hydrogen) atoms. The molecule has 0 bridgehead atoms. The number of sulfonamides is 1. The maximum absolute atomic E-state index is 12.5. The Balaban J connectivity index is 1.51. The van der Waals surface area contributed by atoms with Gasteiger partial charge in [0.2, 0.25) is 5.91 Å². The first-order valence-electron chi connectivity index (χ1n) is 8.45. The van der Waals surface area contributed by atoms with Gasteiger partial charge in [0.15, 0.2) is 5.03 Å². The number of likely N-dealkylation sites (N-methyl/N-ethyl adjacent to an activating group) is 1. The Morgan fingerprint density at radius 3 is 2.50 bits per heavy atom. The Kier molecular flexibility index (Phi) is 5.70. The number of piperazine rings is 1. The molecule has 3 rings (SSSR count). The zero-order chi connectivity index (χ0) is 18.6. The minimum absolute atomic E-state index is 0.0134.